The van der Waals surface area contributed by atoms with E-state index < -0.39 is 12.0 Å². The molecule has 19 heavy (non-hydrogen) atoms. The predicted octanol–water partition coefficient (Wildman–Crippen LogP) is 1.66. The molecule has 6 heteroatoms. The van der Waals surface area contributed by atoms with Crippen LogP contribution in [-0.4, -0.2) is 34.2 Å². The van der Waals surface area contributed by atoms with Crippen molar-refractivity contribution < 1.29 is 19.5 Å². The van der Waals surface area contributed by atoms with Gasteiger partial charge in [0.2, 0.25) is 5.91 Å². The highest BCUT2D eigenvalue weighted by Gasteiger charge is 2.34. The number of hydrogen-bond donors (Lipinski definition) is 1. The SMILES string of the molecule is O=C(O)CC(c1cccc(Cl)c1)N1CC(=O)CC1=O. The van der Waals surface area contributed by atoms with Crippen LogP contribution in [0.4, 0.5) is 0 Å². The van der Waals surface area contributed by atoms with Gasteiger partial charge >= 0.3 is 5.97 Å². The van der Waals surface area contributed by atoms with Crippen LogP contribution in [0.1, 0.15) is 24.4 Å². The van der Waals surface area contributed by atoms with Crippen molar-refractivity contribution in [2.45, 2.75) is 18.9 Å². The molecule has 1 atom stereocenters. The van der Waals surface area contributed by atoms with E-state index in [0.29, 0.717) is 10.6 Å². The maximum atomic E-state index is 11.7. The van der Waals surface area contributed by atoms with Gasteiger partial charge in [-0.15, -0.1) is 0 Å². The van der Waals surface area contributed by atoms with Crippen molar-refractivity contribution in [3.05, 3.63) is 34.9 Å². The van der Waals surface area contributed by atoms with Gasteiger partial charge in [0.15, 0.2) is 5.78 Å². The van der Waals surface area contributed by atoms with Gasteiger partial charge in [0.1, 0.15) is 0 Å². The molecule has 0 aromatic heterocycles. The Morgan fingerprint density at radius 1 is 1.42 bits per heavy atom. The van der Waals surface area contributed by atoms with Crippen LogP contribution < -0.4 is 0 Å². The van der Waals surface area contributed by atoms with E-state index in [-0.39, 0.29) is 31.1 Å². The molecule has 5 nitrogen and oxygen atoms in total. The number of carboxylic acid groups (broad SMARTS) is 1. The van der Waals surface area contributed by atoms with Gasteiger partial charge in [-0.05, 0) is 17.7 Å². The van der Waals surface area contributed by atoms with Crippen LogP contribution in [0.5, 0.6) is 0 Å². The van der Waals surface area contributed by atoms with E-state index in [4.69, 9.17) is 16.7 Å². The maximum absolute atomic E-state index is 11.7. The summed E-state index contributed by atoms with van der Waals surface area (Å²) in [5, 5.41) is 9.43. The second kappa shape index (κ2) is 5.40. The minimum absolute atomic E-state index is 0.0384. The molecule has 1 aromatic carbocycles. The van der Waals surface area contributed by atoms with Crippen LogP contribution >= 0.6 is 11.6 Å². The number of nitrogens with zero attached hydrogens (tertiary/aromatic N) is 1. The van der Waals surface area contributed by atoms with Crippen molar-refractivity contribution in [2.24, 2.45) is 0 Å². The number of rotatable bonds is 4. The molecule has 0 spiro atoms. The Labute approximate surface area is 114 Å². The van der Waals surface area contributed by atoms with Gasteiger partial charge in [0.25, 0.3) is 0 Å². The summed E-state index contributed by atoms with van der Waals surface area (Å²) in [6, 6.07) is 6.02. The number of benzene rings is 1. The second-order valence-corrected chi connectivity index (χ2v) is 4.84. The highest BCUT2D eigenvalue weighted by molar-refractivity contribution is 6.30. The number of carbonyl (C=O) groups is 3. The number of carboxylic acids is 1. The van der Waals surface area contributed by atoms with Gasteiger partial charge in [-0.3, -0.25) is 14.4 Å². The van der Waals surface area contributed by atoms with E-state index in [2.05, 4.69) is 0 Å². The van der Waals surface area contributed by atoms with Crippen molar-refractivity contribution in [1.82, 2.24) is 4.90 Å². The summed E-state index contributed by atoms with van der Waals surface area (Å²) < 4.78 is 0. The standard InChI is InChI=1S/C13H12ClNO4/c14-9-3-1-2-8(4-9)11(6-13(18)19)15-7-10(16)5-12(15)17/h1-4,11H,5-7H2,(H,18,19). The first kappa shape index (κ1) is 13.5. The highest BCUT2D eigenvalue weighted by atomic mass is 35.5. The van der Waals surface area contributed by atoms with E-state index in [1.807, 2.05) is 0 Å². The molecule has 1 heterocycles. The summed E-state index contributed by atoms with van der Waals surface area (Å²) in [5.41, 5.74) is 0.623. The van der Waals surface area contributed by atoms with Crippen LogP contribution in [0.25, 0.3) is 0 Å². The van der Waals surface area contributed by atoms with Gasteiger partial charge in [-0.25, -0.2) is 0 Å². The van der Waals surface area contributed by atoms with Crippen LogP contribution in [0.3, 0.4) is 0 Å². The van der Waals surface area contributed by atoms with Gasteiger partial charge in [0.05, 0.1) is 25.4 Å². The molecule has 1 unspecified atom stereocenters. The monoisotopic (exact) mass is 281 g/mol. The van der Waals surface area contributed by atoms with E-state index in [0.717, 1.165) is 0 Å². The predicted molar refractivity (Wildman–Crippen MR) is 67.8 cm³/mol. The number of likely N-dealkylation sites (tertiary alicyclic amines) is 1. The number of hydrogen-bond acceptors (Lipinski definition) is 3. The molecule has 2 rings (SSSR count). The summed E-state index contributed by atoms with van der Waals surface area (Å²) >= 11 is 5.88. The second-order valence-electron chi connectivity index (χ2n) is 4.41. The Kier molecular flexibility index (Phi) is 3.85. The summed E-state index contributed by atoms with van der Waals surface area (Å²) in [7, 11) is 0. The number of ketones is 1. The van der Waals surface area contributed by atoms with Crippen LogP contribution in [-0.2, 0) is 14.4 Å². The fourth-order valence-electron chi connectivity index (χ4n) is 2.18. The average Bonchev–Trinajstić information content (AvgIpc) is 2.65. The fraction of sp³-hybridized carbons (Fsp3) is 0.308. The van der Waals surface area contributed by atoms with E-state index >= 15 is 0 Å². The third kappa shape index (κ3) is 3.12. The Morgan fingerprint density at radius 2 is 2.16 bits per heavy atom. The lowest BCUT2D eigenvalue weighted by Gasteiger charge is -2.26. The normalized spacial score (nSPS) is 16.8. The van der Waals surface area contributed by atoms with Crippen LogP contribution in [0.2, 0.25) is 5.02 Å². The number of carbonyl (C=O) groups excluding carboxylic acids is 2. The molecule has 1 N–H and O–H groups in total. The summed E-state index contributed by atoms with van der Waals surface area (Å²) in [6.07, 6.45) is -0.407. The summed E-state index contributed by atoms with van der Waals surface area (Å²) in [4.78, 5) is 35.3. The lowest BCUT2D eigenvalue weighted by atomic mass is 10.0. The van der Waals surface area contributed by atoms with E-state index in [1.165, 1.54) is 4.90 Å². The quantitative estimate of drug-likeness (QED) is 0.852. The van der Waals surface area contributed by atoms with Gasteiger partial charge in [-0.1, -0.05) is 23.7 Å². The molecule has 0 saturated carbocycles. The largest absolute Gasteiger partial charge is 0.481 e. The number of amides is 1. The third-order valence-electron chi connectivity index (χ3n) is 2.99. The first-order valence-corrected chi connectivity index (χ1v) is 6.13. The molecule has 1 aliphatic heterocycles. The molecule has 0 bridgehead atoms. The fourth-order valence-corrected chi connectivity index (χ4v) is 2.37. The Hall–Kier alpha value is -1.88. The van der Waals surface area contributed by atoms with Crippen molar-refractivity contribution in [3.63, 3.8) is 0 Å². The van der Waals surface area contributed by atoms with Gasteiger partial charge in [0, 0.05) is 5.02 Å². The summed E-state index contributed by atoms with van der Waals surface area (Å²) in [5.74, 6) is -1.56. The molecule has 1 amide bonds. The molecule has 1 aliphatic rings. The minimum Gasteiger partial charge on any atom is -0.481 e. The highest BCUT2D eigenvalue weighted by Crippen LogP contribution is 2.29. The zero-order valence-electron chi connectivity index (χ0n) is 10.0. The van der Waals surface area contributed by atoms with Crippen LogP contribution in [0.15, 0.2) is 24.3 Å². The molecule has 100 valence electrons. The van der Waals surface area contributed by atoms with E-state index in [1.54, 1.807) is 24.3 Å². The van der Waals surface area contributed by atoms with Crippen molar-refractivity contribution in [2.75, 3.05) is 6.54 Å². The zero-order valence-corrected chi connectivity index (χ0v) is 10.8. The van der Waals surface area contributed by atoms with Crippen molar-refractivity contribution >= 4 is 29.3 Å². The molecule has 0 radical (unpaired) electrons. The molecule has 1 fully saturated rings. The lowest BCUT2D eigenvalue weighted by molar-refractivity contribution is -0.140. The van der Waals surface area contributed by atoms with Gasteiger partial charge < -0.3 is 10.0 Å². The zero-order chi connectivity index (χ0) is 14.0. The minimum atomic E-state index is -1.03. The Morgan fingerprint density at radius 3 is 2.68 bits per heavy atom. The number of Topliss-reactive ketones (excluding diaryl/α,β-unsaturated/α-hetero) is 1. The maximum Gasteiger partial charge on any atom is 0.305 e. The van der Waals surface area contributed by atoms with Crippen molar-refractivity contribution in [1.29, 1.82) is 0 Å². The first-order valence-electron chi connectivity index (χ1n) is 5.76. The Bertz CT molecular complexity index is 543. The van der Waals surface area contributed by atoms with Crippen molar-refractivity contribution in [3.8, 4) is 0 Å². The first-order chi connectivity index (χ1) is 8.97. The molecule has 1 saturated heterocycles. The lowest BCUT2D eigenvalue weighted by Crippen LogP contribution is -2.32. The average molecular weight is 282 g/mol. The topological polar surface area (TPSA) is 74.7 Å². The molecule has 1 aromatic rings. The molecular weight excluding hydrogens is 270 g/mol. The smallest absolute Gasteiger partial charge is 0.305 e. The van der Waals surface area contributed by atoms with E-state index in [9.17, 15) is 14.4 Å². The third-order valence-corrected chi connectivity index (χ3v) is 3.23. The number of aliphatic carboxylic acids is 1. The molecular formula is C13H12ClNO4. The van der Waals surface area contributed by atoms with Crippen LogP contribution in [0, 0.1) is 0 Å². The molecule has 0 aliphatic carbocycles. The van der Waals surface area contributed by atoms with Gasteiger partial charge in [-0.2, -0.15) is 0 Å². The number of halogens is 1. The summed E-state index contributed by atoms with van der Waals surface area (Å²) in [6.45, 7) is -0.0384. The Balaban J connectivity index is 2.33.